The van der Waals surface area contributed by atoms with Crippen LogP contribution in [0.15, 0.2) is 5.51 Å². The van der Waals surface area contributed by atoms with Crippen LogP contribution in [0.25, 0.3) is 0 Å². The van der Waals surface area contributed by atoms with E-state index in [1.54, 1.807) is 12.4 Å². The molecule has 54 valence electrons. The molecular formula is C6H7NO2S. The van der Waals surface area contributed by atoms with Crippen molar-refractivity contribution in [3.8, 4) is 0 Å². The number of rotatable bonds is 2. The topological polar surface area (TPSA) is 50.2 Å². The lowest BCUT2D eigenvalue weighted by molar-refractivity contribution is -0.114. The highest BCUT2D eigenvalue weighted by Gasteiger charge is 2.10. The van der Waals surface area contributed by atoms with Gasteiger partial charge in [-0.15, -0.1) is 11.3 Å². The second-order valence-electron chi connectivity index (χ2n) is 1.88. The van der Waals surface area contributed by atoms with Gasteiger partial charge in [-0.2, -0.15) is 0 Å². The quantitative estimate of drug-likeness (QED) is 0.642. The van der Waals surface area contributed by atoms with Crippen molar-refractivity contribution in [1.82, 2.24) is 4.98 Å². The molecule has 1 rings (SSSR count). The first-order chi connectivity index (χ1) is 4.75. The number of aromatic nitrogens is 1. The highest BCUT2D eigenvalue weighted by atomic mass is 32.1. The lowest BCUT2D eigenvalue weighted by Gasteiger charge is -1.97. The number of aliphatic hydroxyl groups excluding tert-OH is 1. The van der Waals surface area contributed by atoms with E-state index < -0.39 is 6.10 Å². The maximum atomic E-state index is 10.1. The van der Waals surface area contributed by atoms with E-state index >= 15 is 0 Å². The second-order valence-corrected chi connectivity index (χ2v) is 2.77. The lowest BCUT2D eigenvalue weighted by atomic mass is 10.3. The first-order valence-corrected chi connectivity index (χ1v) is 3.67. The summed E-state index contributed by atoms with van der Waals surface area (Å²) >= 11 is 1.29. The molecule has 3 nitrogen and oxygen atoms in total. The summed E-state index contributed by atoms with van der Waals surface area (Å²) in [7, 11) is 0. The summed E-state index contributed by atoms with van der Waals surface area (Å²) in [5.74, 6) is 0. The van der Waals surface area contributed by atoms with E-state index in [0.717, 1.165) is 5.69 Å². The summed E-state index contributed by atoms with van der Waals surface area (Å²) in [6.45, 7) is 1.76. The predicted octanol–water partition coefficient (Wildman–Crippen LogP) is 0.684. The molecule has 0 aliphatic rings. The molecule has 0 aliphatic heterocycles. The molecule has 0 fully saturated rings. The largest absolute Gasteiger partial charge is 0.380 e. The van der Waals surface area contributed by atoms with Gasteiger partial charge in [0.05, 0.1) is 16.1 Å². The molecule has 0 saturated carbocycles. The third-order valence-electron chi connectivity index (χ3n) is 1.18. The van der Waals surface area contributed by atoms with Crippen LogP contribution >= 0.6 is 11.3 Å². The van der Waals surface area contributed by atoms with E-state index in [1.807, 2.05) is 0 Å². The molecule has 10 heavy (non-hydrogen) atoms. The van der Waals surface area contributed by atoms with Crippen LogP contribution in [0.4, 0.5) is 0 Å². The Morgan fingerprint density at radius 1 is 1.90 bits per heavy atom. The molecule has 0 amide bonds. The highest BCUT2D eigenvalue weighted by molar-refractivity contribution is 7.09. The van der Waals surface area contributed by atoms with Gasteiger partial charge in [0.25, 0.3) is 0 Å². The minimum Gasteiger partial charge on any atom is -0.380 e. The van der Waals surface area contributed by atoms with Crippen molar-refractivity contribution < 1.29 is 9.90 Å². The standard InChI is InChI=1S/C6H7NO2S/c1-4-6(5(9)2-8)10-3-7-4/h2-3,5,9H,1H3. The van der Waals surface area contributed by atoms with Gasteiger partial charge in [-0.1, -0.05) is 0 Å². The van der Waals surface area contributed by atoms with Crippen molar-refractivity contribution >= 4 is 17.6 Å². The number of aliphatic hydroxyl groups is 1. The molecule has 0 aromatic carbocycles. The normalized spacial score (nSPS) is 13.0. The fourth-order valence-electron chi connectivity index (χ4n) is 0.657. The molecule has 1 atom stereocenters. The molecule has 0 radical (unpaired) electrons. The Bertz CT molecular complexity index is 233. The first kappa shape index (κ1) is 7.37. The Balaban J connectivity index is 2.92. The Hall–Kier alpha value is -0.740. The van der Waals surface area contributed by atoms with E-state index in [9.17, 15) is 4.79 Å². The van der Waals surface area contributed by atoms with Crippen molar-refractivity contribution in [3.05, 3.63) is 16.1 Å². The van der Waals surface area contributed by atoms with Gasteiger partial charge in [0, 0.05) is 0 Å². The van der Waals surface area contributed by atoms with E-state index in [1.165, 1.54) is 11.3 Å². The van der Waals surface area contributed by atoms with E-state index in [4.69, 9.17) is 5.11 Å². The molecule has 0 saturated heterocycles. The summed E-state index contributed by atoms with van der Waals surface area (Å²) in [4.78, 5) is 14.6. The van der Waals surface area contributed by atoms with Crippen molar-refractivity contribution in [3.63, 3.8) is 0 Å². The SMILES string of the molecule is Cc1ncsc1C(O)C=O. The number of carbonyl (C=O) groups excluding carboxylic acids is 1. The van der Waals surface area contributed by atoms with Gasteiger partial charge in [0.15, 0.2) is 6.29 Å². The Labute approximate surface area is 62.3 Å². The summed E-state index contributed by atoms with van der Waals surface area (Å²) in [6.07, 6.45) is -0.493. The Morgan fingerprint density at radius 2 is 2.60 bits per heavy atom. The van der Waals surface area contributed by atoms with Crippen LogP contribution in [0, 0.1) is 6.92 Å². The number of nitrogens with zero attached hydrogens (tertiary/aromatic N) is 1. The molecule has 0 aliphatic carbocycles. The molecule has 0 spiro atoms. The van der Waals surface area contributed by atoms with Crippen molar-refractivity contribution in [2.45, 2.75) is 13.0 Å². The molecule has 1 heterocycles. The Morgan fingerprint density at radius 3 is 3.00 bits per heavy atom. The van der Waals surface area contributed by atoms with E-state index in [0.29, 0.717) is 11.2 Å². The number of hydrogen-bond acceptors (Lipinski definition) is 4. The number of carbonyl (C=O) groups is 1. The molecular weight excluding hydrogens is 150 g/mol. The zero-order valence-electron chi connectivity index (χ0n) is 5.44. The van der Waals surface area contributed by atoms with Crippen LogP contribution in [-0.2, 0) is 4.79 Å². The minimum absolute atomic E-state index is 0.501. The minimum atomic E-state index is -0.993. The summed E-state index contributed by atoms with van der Waals surface area (Å²) in [5, 5.41) is 9.00. The molecule has 1 unspecified atom stereocenters. The van der Waals surface area contributed by atoms with E-state index in [-0.39, 0.29) is 0 Å². The lowest BCUT2D eigenvalue weighted by Crippen LogP contribution is -1.96. The van der Waals surface area contributed by atoms with Gasteiger partial charge < -0.3 is 9.90 Å². The Kier molecular flexibility index (Phi) is 2.13. The molecule has 1 N–H and O–H groups in total. The van der Waals surface area contributed by atoms with Crippen LogP contribution in [0.3, 0.4) is 0 Å². The van der Waals surface area contributed by atoms with Gasteiger partial charge in [-0.05, 0) is 6.92 Å². The monoisotopic (exact) mass is 157 g/mol. The smallest absolute Gasteiger partial charge is 0.153 e. The van der Waals surface area contributed by atoms with Gasteiger partial charge in [-0.25, -0.2) is 4.98 Å². The number of aldehydes is 1. The summed E-state index contributed by atoms with van der Waals surface area (Å²) in [5.41, 5.74) is 2.34. The fourth-order valence-corrected chi connectivity index (χ4v) is 1.40. The fraction of sp³-hybridized carbons (Fsp3) is 0.333. The van der Waals surface area contributed by atoms with Crippen LogP contribution in [-0.4, -0.2) is 16.4 Å². The van der Waals surface area contributed by atoms with Crippen LogP contribution < -0.4 is 0 Å². The highest BCUT2D eigenvalue weighted by Crippen LogP contribution is 2.19. The summed E-state index contributed by atoms with van der Waals surface area (Å²) in [6, 6.07) is 0. The summed E-state index contributed by atoms with van der Waals surface area (Å²) < 4.78 is 0. The zero-order chi connectivity index (χ0) is 7.56. The van der Waals surface area contributed by atoms with Crippen molar-refractivity contribution in [2.24, 2.45) is 0 Å². The average molecular weight is 157 g/mol. The van der Waals surface area contributed by atoms with E-state index in [2.05, 4.69) is 4.98 Å². The number of thiazole rings is 1. The number of hydrogen-bond donors (Lipinski definition) is 1. The third-order valence-corrected chi connectivity index (χ3v) is 2.18. The van der Waals surface area contributed by atoms with Crippen LogP contribution in [0.2, 0.25) is 0 Å². The van der Waals surface area contributed by atoms with Gasteiger partial charge in [0.1, 0.15) is 6.10 Å². The zero-order valence-corrected chi connectivity index (χ0v) is 6.26. The van der Waals surface area contributed by atoms with Crippen molar-refractivity contribution in [1.29, 1.82) is 0 Å². The van der Waals surface area contributed by atoms with Gasteiger partial charge in [-0.3, -0.25) is 0 Å². The van der Waals surface area contributed by atoms with Crippen LogP contribution in [0.1, 0.15) is 16.7 Å². The average Bonchev–Trinajstić information content (AvgIpc) is 2.34. The first-order valence-electron chi connectivity index (χ1n) is 2.79. The molecule has 0 bridgehead atoms. The second kappa shape index (κ2) is 2.90. The third kappa shape index (κ3) is 1.22. The molecule has 4 heteroatoms. The maximum absolute atomic E-state index is 10.1. The maximum Gasteiger partial charge on any atom is 0.153 e. The predicted molar refractivity (Wildman–Crippen MR) is 37.9 cm³/mol. The van der Waals surface area contributed by atoms with Crippen molar-refractivity contribution in [2.75, 3.05) is 0 Å². The number of aryl methyl sites for hydroxylation is 1. The van der Waals surface area contributed by atoms with Gasteiger partial charge in [0.2, 0.25) is 0 Å². The molecule has 1 aromatic heterocycles. The van der Waals surface area contributed by atoms with Gasteiger partial charge >= 0.3 is 0 Å². The van der Waals surface area contributed by atoms with Crippen LogP contribution in [0.5, 0.6) is 0 Å². The molecule has 1 aromatic rings.